The molecule has 0 saturated heterocycles. The van der Waals surface area contributed by atoms with Gasteiger partial charge in [-0.15, -0.1) is 0 Å². The number of carbonyl (C=O) groups is 1. The van der Waals surface area contributed by atoms with Gasteiger partial charge in [0.2, 0.25) is 5.91 Å². The zero-order chi connectivity index (χ0) is 13.9. The van der Waals surface area contributed by atoms with Crippen molar-refractivity contribution in [2.45, 2.75) is 76.8 Å². The number of amides is 1. The number of nitrogens with one attached hydrogen (secondary N) is 2. The van der Waals surface area contributed by atoms with E-state index in [0.29, 0.717) is 18.4 Å². The van der Waals surface area contributed by atoms with E-state index in [9.17, 15) is 4.79 Å². The van der Waals surface area contributed by atoms with Gasteiger partial charge in [0.15, 0.2) is 0 Å². The van der Waals surface area contributed by atoms with Crippen LogP contribution in [0.2, 0.25) is 0 Å². The summed E-state index contributed by atoms with van der Waals surface area (Å²) in [6, 6.07) is 0.403. The van der Waals surface area contributed by atoms with E-state index in [4.69, 9.17) is 0 Å². The molecular formula is C16H30N2O. The number of rotatable bonds is 4. The fourth-order valence-electron chi connectivity index (χ4n) is 3.88. The first-order valence-corrected chi connectivity index (χ1v) is 8.04. The Morgan fingerprint density at radius 2 is 1.84 bits per heavy atom. The molecular weight excluding hydrogens is 236 g/mol. The van der Waals surface area contributed by atoms with Crippen LogP contribution in [-0.2, 0) is 4.79 Å². The molecule has 0 spiro atoms. The summed E-state index contributed by atoms with van der Waals surface area (Å²) < 4.78 is 0. The largest absolute Gasteiger partial charge is 0.353 e. The molecule has 0 radical (unpaired) electrons. The van der Waals surface area contributed by atoms with Crippen LogP contribution in [0.3, 0.4) is 0 Å². The summed E-state index contributed by atoms with van der Waals surface area (Å²) in [5.74, 6) is 1.63. The smallest absolute Gasteiger partial charge is 0.222 e. The van der Waals surface area contributed by atoms with Gasteiger partial charge in [-0.25, -0.2) is 0 Å². The van der Waals surface area contributed by atoms with Crippen molar-refractivity contribution >= 4 is 5.91 Å². The first-order valence-electron chi connectivity index (χ1n) is 8.04. The Morgan fingerprint density at radius 1 is 1.16 bits per heavy atom. The summed E-state index contributed by atoms with van der Waals surface area (Å²) in [5, 5.41) is 6.72. The van der Waals surface area contributed by atoms with Crippen LogP contribution in [0.1, 0.15) is 65.2 Å². The number of hydrogen-bond acceptors (Lipinski definition) is 2. The van der Waals surface area contributed by atoms with E-state index in [1.54, 1.807) is 0 Å². The average molecular weight is 266 g/mol. The molecule has 0 aliphatic heterocycles. The lowest BCUT2D eigenvalue weighted by Crippen LogP contribution is -2.49. The summed E-state index contributed by atoms with van der Waals surface area (Å²) in [4.78, 5) is 12.3. The van der Waals surface area contributed by atoms with Crippen molar-refractivity contribution in [3.05, 3.63) is 0 Å². The van der Waals surface area contributed by atoms with Crippen LogP contribution in [0.4, 0.5) is 0 Å². The third kappa shape index (κ3) is 3.50. The third-order valence-corrected chi connectivity index (χ3v) is 5.65. The van der Waals surface area contributed by atoms with Crippen LogP contribution >= 0.6 is 0 Å². The van der Waals surface area contributed by atoms with Crippen molar-refractivity contribution in [3.63, 3.8) is 0 Å². The lowest BCUT2D eigenvalue weighted by atomic mass is 9.79. The summed E-state index contributed by atoms with van der Waals surface area (Å²) >= 11 is 0. The molecule has 19 heavy (non-hydrogen) atoms. The highest BCUT2D eigenvalue weighted by Crippen LogP contribution is 2.33. The quantitative estimate of drug-likeness (QED) is 0.821. The van der Waals surface area contributed by atoms with Crippen molar-refractivity contribution < 1.29 is 4.79 Å². The zero-order valence-corrected chi connectivity index (χ0v) is 12.8. The molecule has 2 fully saturated rings. The maximum absolute atomic E-state index is 12.3. The molecule has 2 saturated carbocycles. The van der Waals surface area contributed by atoms with Crippen molar-refractivity contribution in [2.75, 3.05) is 7.05 Å². The summed E-state index contributed by atoms with van der Waals surface area (Å²) in [7, 11) is 2.01. The van der Waals surface area contributed by atoms with Crippen molar-refractivity contribution in [3.8, 4) is 0 Å². The molecule has 1 amide bonds. The lowest BCUT2D eigenvalue weighted by Gasteiger charge is -2.37. The van der Waals surface area contributed by atoms with E-state index >= 15 is 0 Å². The second kappa shape index (κ2) is 6.25. The highest BCUT2D eigenvalue weighted by Gasteiger charge is 2.35. The van der Waals surface area contributed by atoms with Crippen LogP contribution in [0, 0.1) is 11.8 Å². The molecule has 2 rings (SSSR count). The van der Waals surface area contributed by atoms with Gasteiger partial charge in [-0.05, 0) is 44.6 Å². The van der Waals surface area contributed by atoms with E-state index in [1.165, 1.54) is 25.7 Å². The Morgan fingerprint density at radius 3 is 2.37 bits per heavy atom. The minimum Gasteiger partial charge on any atom is -0.353 e. The van der Waals surface area contributed by atoms with Crippen LogP contribution in [0.5, 0.6) is 0 Å². The van der Waals surface area contributed by atoms with Crippen LogP contribution in [0.15, 0.2) is 0 Å². The van der Waals surface area contributed by atoms with Crippen LogP contribution < -0.4 is 10.6 Å². The first kappa shape index (κ1) is 14.8. The molecule has 2 N–H and O–H groups in total. The van der Waals surface area contributed by atoms with Gasteiger partial charge in [0.1, 0.15) is 0 Å². The van der Waals surface area contributed by atoms with Crippen LogP contribution in [0.25, 0.3) is 0 Å². The maximum Gasteiger partial charge on any atom is 0.222 e. The maximum atomic E-state index is 12.3. The van der Waals surface area contributed by atoms with Crippen LogP contribution in [-0.4, -0.2) is 24.5 Å². The third-order valence-electron chi connectivity index (χ3n) is 5.65. The minimum absolute atomic E-state index is 0.0653. The van der Waals surface area contributed by atoms with Gasteiger partial charge in [-0.1, -0.05) is 33.1 Å². The highest BCUT2D eigenvalue weighted by atomic mass is 16.1. The molecule has 3 heteroatoms. The van der Waals surface area contributed by atoms with E-state index in [2.05, 4.69) is 24.5 Å². The normalized spacial score (nSPS) is 34.2. The molecule has 0 aromatic carbocycles. The molecule has 2 aliphatic carbocycles. The van der Waals surface area contributed by atoms with E-state index in [-0.39, 0.29) is 11.4 Å². The second-order valence-electron chi connectivity index (χ2n) is 6.86. The lowest BCUT2D eigenvalue weighted by molar-refractivity contribution is -0.123. The molecule has 2 aliphatic rings. The number of carbonyl (C=O) groups excluding carboxylic acids is 1. The molecule has 3 nitrogen and oxygen atoms in total. The Bertz CT molecular complexity index is 310. The Kier molecular flexibility index (Phi) is 4.88. The SMILES string of the molecule is CNC1(CC(=O)NC2CCC(C)C2C)CCCCC1. The van der Waals surface area contributed by atoms with E-state index in [1.807, 2.05) is 7.05 Å². The average Bonchev–Trinajstić information content (AvgIpc) is 2.72. The zero-order valence-electron chi connectivity index (χ0n) is 12.8. The van der Waals surface area contributed by atoms with Gasteiger partial charge >= 0.3 is 0 Å². The van der Waals surface area contributed by atoms with Gasteiger partial charge in [0.25, 0.3) is 0 Å². The van der Waals surface area contributed by atoms with Crippen molar-refractivity contribution in [2.24, 2.45) is 11.8 Å². The molecule has 0 bridgehead atoms. The van der Waals surface area contributed by atoms with Crippen molar-refractivity contribution in [1.82, 2.24) is 10.6 Å². The number of hydrogen-bond donors (Lipinski definition) is 2. The monoisotopic (exact) mass is 266 g/mol. The topological polar surface area (TPSA) is 41.1 Å². The fourth-order valence-corrected chi connectivity index (χ4v) is 3.88. The van der Waals surface area contributed by atoms with Gasteiger partial charge in [-0.3, -0.25) is 4.79 Å². The Balaban J connectivity index is 1.86. The summed E-state index contributed by atoms with van der Waals surface area (Å²) in [6.45, 7) is 4.57. The predicted octanol–water partition coefficient (Wildman–Crippen LogP) is 2.85. The van der Waals surface area contributed by atoms with Gasteiger partial charge in [0.05, 0.1) is 0 Å². The standard InChI is InChI=1S/C16H30N2O/c1-12-7-8-14(13(12)2)18-15(19)11-16(17-3)9-5-4-6-10-16/h12-14,17H,4-11H2,1-3H3,(H,18,19). The first-order chi connectivity index (χ1) is 9.06. The molecule has 0 aromatic heterocycles. The highest BCUT2D eigenvalue weighted by molar-refractivity contribution is 5.77. The fraction of sp³-hybridized carbons (Fsp3) is 0.938. The second-order valence-corrected chi connectivity index (χ2v) is 6.86. The molecule has 3 unspecified atom stereocenters. The minimum atomic E-state index is 0.0653. The van der Waals surface area contributed by atoms with E-state index in [0.717, 1.165) is 25.2 Å². The van der Waals surface area contributed by atoms with E-state index < -0.39 is 0 Å². The predicted molar refractivity (Wildman–Crippen MR) is 79.0 cm³/mol. The molecule has 3 atom stereocenters. The Labute approximate surface area is 117 Å². The van der Waals surface area contributed by atoms with Gasteiger partial charge < -0.3 is 10.6 Å². The van der Waals surface area contributed by atoms with Gasteiger partial charge in [0, 0.05) is 18.0 Å². The Hall–Kier alpha value is -0.570. The van der Waals surface area contributed by atoms with Crippen molar-refractivity contribution in [1.29, 1.82) is 0 Å². The molecule has 0 aromatic rings. The molecule has 0 heterocycles. The summed E-state index contributed by atoms with van der Waals surface area (Å²) in [6.07, 6.45) is 9.18. The summed E-state index contributed by atoms with van der Waals surface area (Å²) in [5.41, 5.74) is 0.0653. The molecule has 110 valence electrons. The van der Waals surface area contributed by atoms with Gasteiger partial charge in [-0.2, -0.15) is 0 Å².